The van der Waals surface area contributed by atoms with Gasteiger partial charge >= 0.3 is 11.9 Å². The van der Waals surface area contributed by atoms with E-state index in [9.17, 15) is 14.0 Å². The van der Waals surface area contributed by atoms with Gasteiger partial charge < -0.3 is 9.84 Å². The van der Waals surface area contributed by atoms with Gasteiger partial charge in [0.25, 0.3) is 0 Å². The lowest BCUT2D eigenvalue weighted by Gasteiger charge is -2.13. The van der Waals surface area contributed by atoms with Crippen LogP contribution in [0.3, 0.4) is 0 Å². The Kier molecular flexibility index (Phi) is 3.60. The number of halogens is 1. The second-order valence-corrected chi connectivity index (χ2v) is 3.39. The normalized spacial score (nSPS) is 11.9. The summed E-state index contributed by atoms with van der Waals surface area (Å²) in [6, 6.07) is 3.76. The fraction of sp³-hybridized carbons (Fsp3) is 0.273. The molecule has 86 valence electrons. The summed E-state index contributed by atoms with van der Waals surface area (Å²) < 4.78 is 17.7. The predicted octanol–water partition coefficient (Wildman–Crippen LogP) is 1.82. The zero-order valence-corrected chi connectivity index (χ0v) is 8.86. The number of benzene rings is 1. The smallest absolute Gasteiger partial charge is 0.349 e. The maximum atomic E-state index is 13.1. The van der Waals surface area contributed by atoms with Crippen molar-refractivity contribution in [3.8, 4) is 0 Å². The zero-order valence-electron chi connectivity index (χ0n) is 8.86. The van der Waals surface area contributed by atoms with Gasteiger partial charge in [-0.3, -0.25) is 4.79 Å². The van der Waals surface area contributed by atoms with E-state index in [2.05, 4.69) is 4.74 Å². The monoisotopic (exact) mass is 226 g/mol. The van der Waals surface area contributed by atoms with Crippen molar-refractivity contribution in [1.29, 1.82) is 0 Å². The lowest BCUT2D eigenvalue weighted by atomic mass is 10.1. The average molecular weight is 226 g/mol. The Labute approximate surface area is 91.7 Å². The summed E-state index contributed by atoms with van der Waals surface area (Å²) in [5, 5.41) is 8.86. The van der Waals surface area contributed by atoms with E-state index in [1.54, 1.807) is 6.92 Å². The standard InChI is InChI=1S/C11H11FO4/c1-6-3-8(5-9(12)4-6)10(11(14)15)16-7(2)13/h3-5,10H,1-2H3,(H,14,15). The van der Waals surface area contributed by atoms with Crippen LogP contribution in [0.25, 0.3) is 0 Å². The predicted molar refractivity (Wildman–Crippen MR) is 53.3 cm³/mol. The number of carbonyl (C=O) groups excluding carboxylic acids is 1. The number of carboxylic acids is 1. The molecule has 0 amide bonds. The van der Waals surface area contributed by atoms with E-state index in [-0.39, 0.29) is 5.56 Å². The number of rotatable bonds is 3. The van der Waals surface area contributed by atoms with E-state index >= 15 is 0 Å². The third-order valence-electron chi connectivity index (χ3n) is 1.88. The summed E-state index contributed by atoms with van der Waals surface area (Å²) in [7, 11) is 0. The molecule has 0 aliphatic carbocycles. The molecule has 1 N–H and O–H groups in total. The Hall–Kier alpha value is -1.91. The minimum absolute atomic E-state index is 0.111. The molecule has 1 rings (SSSR count). The van der Waals surface area contributed by atoms with Crippen LogP contribution in [0.15, 0.2) is 18.2 Å². The summed E-state index contributed by atoms with van der Waals surface area (Å²) in [5.41, 5.74) is 0.675. The van der Waals surface area contributed by atoms with E-state index in [1.807, 2.05) is 0 Å². The van der Waals surface area contributed by atoms with Gasteiger partial charge in [-0.15, -0.1) is 0 Å². The molecule has 5 heteroatoms. The summed E-state index contributed by atoms with van der Waals surface area (Å²) in [6.45, 7) is 2.72. The summed E-state index contributed by atoms with van der Waals surface area (Å²) in [4.78, 5) is 21.6. The van der Waals surface area contributed by atoms with Crippen LogP contribution in [0.4, 0.5) is 4.39 Å². The van der Waals surface area contributed by atoms with Crippen LogP contribution in [0.5, 0.6) is 0 Å². The van der Waals surface area contributed by atoms with Gasteiger partial charge in [-0.2, -0.15) is 0 Å². The van der Waals surface area contributed by atoms with Gasteiger partial charge in [-0.1, -0.05) is 6.07 Å². The molecule has 1 unspecified atom stereocenters. The lowest BCUT2D eigenvalue weighted by Crippen LogP contribution is -2.18. The SMILES string of the molecule is CC(=O)OC(C(=O)O)c1cc(C)cc(F)c1. The van der Waals surface area contributed by atoms with Gasteiger partial charge in [0.2, 0.25) is 6.10 Å². The number of hydrogen-bond acceptors (Lipinski definition) is 3. The third kappa shape index (κ3) is 3.05. The summed E-state index contributed by atoms with van der Waals surface area (Å²) in [5.74, 6) is -2.62. The molecule has 0 heterocycles. The molecule has 0 aliphatic heterocycles. The Morgan fingerprint density at radius 2 is 2.00 bits per heavy atom. The minimum atomic E-state index is -1.47. The maximum Gasteiger partial charge on any atom is 0.349 e. The molecule has 1 aromatic carbocycles. The van der Waals surface area contributed by atoms with Crippen molar-refractivity contribution in [2.45, 2.75) is 20.0 Å². The van der Waals surface area contributed by atoms with Gasteiger partial charge in [0.05, 0.1) is 0 Å². The first-order chi connectivity index (χ1) is 7.40. The van der Waals surface area contributed by atoms with E-state index in [4.69, 9.17) is 5.11 Å². The number of esters is 1. The van der Waals surface area contributed by atoms with Crippen molar-refractivity contribution in [3.05, 3.63) is 35.1 Å². The average Bonchev–Trinajstić information content (AvgIpc) is 2.11. The van der Waals surface area contributed by atoms with Gasteiger partial charge in [0, 0.05) is 12.5 Å². The van der Waals surface area contributed by atoms with Crippen LogP contribution in [-0.4, -0.2) is 17.0 Å². The largest absolute Gasteiger partial charge is 0.478 e. The molecule has 0 fully saturated rings. The Morgan fingerprint density at radius 1 is 1.38 bits per heavy atom. The van der Waals surface area contributed by atoms with Gasteiger partial charge in [-0.25, -0.2) is 9.18 Å². The molecular formula is C11H11FO4. The lowest BCUT2D eigenvalue weighted by molar-refractivity contribution is -0.163. The molecule has 4 nitrogen and oxygen atoms in total. The molecule has 0 aromatic heterocycles. The summed E-state index contributed by atoms with van der Waals surface area (Å²) >= 11 is 0. The maximum absolute atomic E-state index is 13.1. The van der Waals surface area contributed by atoms with Crippen LogP contribution < -0.4 is 0 Å². The van der Waals surface area contributed by atoms with Gasteiger partial charge in [-0.05, 0) is 24.6 Å². The van der Waals surface area contributed by atoms with Crippen molar-refractivity contribution in [2.75, 3.05) is 0 Å². The first-order valence-electron chi connectivity index (χ1n) is 4.57. The molecule has 1 atom stereocenters. The molecule has 0 radical (unpaired) electrons. The van der Waals surface area contributed by atoms with E-state index in [1.165, 1.54) is 12.1 Å². The van der Waals surface area contributed by atoms with Crippen LogP contribution in [0.1, 0.15) is 24.2 Å². The number of aryl methyl sites for hydroxylation is 1. The number of ether oxygens (including phenoxy) is 1. The highest BCUT2D eigenvalue weighted by molar-refractivity contribution is 5.78. The van der Waals surface area contributed by atoms with Crippen molar-refractivity contribution in [3.63, 3.8) is 0 Å². The number of hydrogen-bond donors (Lipinski definition) is 1. The quantitative estimate of drug-likeness (QED) is 0.798. The molecule has 0 saturated carbocycles. The summed E-state index contributed by atoms with van der Waals surface area (Å²) in [6.07, 6.45) is -1.47. The van der Waals surface area contributed by atoms with Crippen molar-refractivity contribution in [2.24, 2.45) is 0 Å². The van der Waals surface area contributed by atoms with Crippen LogP contribution in [-0.2, 0) is 14.3 Å². The second kappa shape index (κ2) is 4.74. The highest BCUT2D eigenvalue weighted by Crippen LogP contribution is 2.20. The minimum Gasteiger partial charge on any atom is -0.478 e. The topological polar surface area (TPSA) is 63.6 Å². The van der Waals surface area contributed by atoms with Crippen molar-refractivity contribution >= 4 is 11.9 Å². The zero-order chi connectivity index (χ0) is 12.3. The van der Waals surface area contributed by atoms with E-state index in [0.717, 1.165) is 13.0 Å². The Morgan fingerprint density at radius 3 is 2.44 bits per heavy atom. The molecular weight excluding hydrogens is 215 g/mol. The van der Waals surface area contributed by atoms with E-state index < -0.39 is 23.9 Å². The third-order valence-corrected chi connectivity index (χ3v) is 1.88. The molecule has 0 spiro atoms. The van der Waals surface area contributed by atoms with Crippen molar-refractivity contribution < 1.29 is 23.8 Å². The number of aliphatic carboxylic acids is 1. The van der Waals surface area contributed by atoms with Crippen LogP contribution >= 0.6 is 0 Å². The van der Waals surface area contributed by atoms with E-state index in [0.29, 0.717) is 5.56 Å². The molecule has 16 heavy (non-hydrogen) atoms. The Balaban J connectivity index is 3.10. The van der Waals surface area contributed by atoms with Crippen LogP contribution in [0, 0.1) is 12.7 Å². The fourth-order valence-electron chi connectivity index (χ4n) is 1.34. The number of carbonyl (C=O) groups is 2. The molecule has 0 aliphatic rings. The first-order valence-corrected chi connectivity index (χ1v) is 4.57. The highest BCUT2D eigenvalue weighted by Gasteiger charge is 2.23. The fourth-order valence-corrected chi connectivity index (χ4v) is 1.34. The first kappa shape index (κ1) is 12.2. The van der Waals surface area contributed by atoms with Gasteiger partial charge in [0.15, 0.2) is 0 Å². The highest BCUT2D eigenvalue weighted by atomic mass is 19.1. The molecule has 0 saturated heterocycles. The van der Waals surface area contributed by atoms with Gasteiger partial charge in [0.1, 0.15) is 5.82 Å². The van der Waals surface area contributed by atoms with Crippen molar-refractivity contribution in [1.82, 2.24) is 0 Å². The van der Waals surface area contributed by atoms with Crippen LogP contribution in [0.2, 0.25) is 0 Å². The molecule has 1 aromatic rings. The second-order valence-electron chi connectivity index (χ2n) is 3.39. The molecule has 0 bridgehead atoms. The Bertz CT molecular complexity index is 408. The number of carboxylic acid groups (broad SMARTS) is 1.